The molecule has 158 valence electrons. The summed E-state index contributed by atoms with van der Waals surface area (Å²) in [6.07, 6.45) is -2.88. The molecule has 5 rings (SSSR count). The van der Waals surface area contributed by atoms with Gasteiger partial charge in [0, 0.05) is 6.54 Å². The van der Waals surface area contributed by atoms with E-state index in [1.807, 2.05) is 11.4 Å². The average molecular weight is 442 g/mol. The Morgan fingerprint density at radius 2 is 1.97 bits per heavy atom. The van der Waals surface area contributed by atoms with Crippen LogP contribution in [0, 0.1) is 0 Å². The molecule has 3 heterocycles. The molecule has 0 bridgehead atoms. The summed E-state index contributed by atoms with van der Waals surface area (Å²) in [4.78, 5) is 19.8. The Hall–Kier alpha value is -3.13. The molecule has 1 atom stereocenters. The Kier molecular flexibility index (Phi) is 4.81. The van der Waals surface area contributed by atoms with Gasteiger partial charge in [-0.1, -0.05) is 30.3 Å². The van der Waals surface area contributed by atoms with Crippen LogP contribution in [0.1, 0.15) is 40.0 Å². The number of nitrogens with zero attached hydrogens (tertiary/aromatic N) is 2. The summed E-state index contributed by atoms with van der Waals surface area (Å²) in [5, 5.41) is 1.86. The number of hydrogen-bond acceptors (Lipinski definition) is 4. The minimum atomic E-state index is -4.45. The van der Waals surface area contributed by atoms with Crippen LogP contribution in [0.25, 0.3) is 22.2 Å². The molecule has 4 nitrogen and oxygen atoms in total. The zero-order valence-corrected chi connectivity index (χ0v) is 17.0. The molecule has 1 unspecified atom stereocenters. The van der Waals surface area contributed by atoms with E-state index in [9.17, 15) is 18.0 Å². The summed E-state index contributed by atoms with van der Waals surface area (Å²) >= 11 is 1.39. The monoisotopic (exact) mass is 442 g/mol. The number of aromatic nitrogens is 1. The molecular formula is C23H17F3N2O2S. The largest absolute Gasteiger partial charge is 0.438 e. The van der Waals surface area contributed by atoms with Gasteiger partial charge in [0.15, 0.2) is 5.58 Å². The third-order valence-electron chi connectivity index (χ3n) is 5.48. The Morgan fingerprint density at radius 1 is 1.13 bits per heavy atom. The Morgan fingerprint density at radius 3 is 2.74 bits per heavy atom. The average Bonchev–Trinajstić information content (AvgIpc) is 3.52. The molecule has 0 aliphatic carbocycles. The van der Waals surface area contributed by atoms with Crippen LogP contribution in [-0.2, 0) is 6.18 Å². The topological polar surface area (TPSA) is 46.3 Å². The summed E-state index contributed by atoms with van der Waals surface area (Å²) in [6.45, 7) is 0.615. The lowest BCUT2D eigenvalue weighted by atomic mass is 9.99. The highest BCUT2D eigenvalue weighted by molar-refractivity contribution is 7.12. The summed E-state index contributed by atoms with van der Waals surface area (Å²) in [6, 6.07) is 13.7. The number of carbonyl (C=O) groups excluding carboxylic acids is 1. The predicted molar refractivity (Wildman–Crippen MR) is 112 cm³/mol. The van der Waals surface area contributed by atoms with Crippen molar-refractivity contribution in [3.05, 3.63) is 76.3 Å². The molecule has 8 heteroatoms. The number of hydrogen-bond donors (Lipinski definition) is 0. The predicted octanol–water partition coefficient (Wildman–Crippen LogP) is 6.55. The maximum absolute atomic E-state index is 13.4. The highest BCUT2D eigenvalue weighted by Gasteiger charge is 2.35. The highest BCUT2D eigenvalue weighted by Crippen LogP contribution is 2.39. The van der Waals surface area contributed by atoms with E-state index >= 15 is 0 Å². The van der Waals surface area contributed by atoms with E-state index in [-0.39, 0.29) is 17.5 Å². The summed E-state index contributed by atoms with van der Waals surface area (Å²) < 4.78 is 46.2. The number of halogens is 3. The van der Waals surface area contributed by atoms with Gasteiger partial charge in [-0.2, -0.15) is 13.2 Å². The molecule has 0 radical (unpaired) electrons. The van der Waals surface area contributed by atoms with Crippen LogP contribution in [0.2, 0.25) is 0 Å². The highest BCUT2D eigenvalue weighted by atomic mass is 32.1. The quantitative estimate of drug-likeness (QED) is 0.361. The first kappa shape index (κ1) is 19.8. The van der Waals surface area contributed by atoms with Crippen molar-refractivity contribution >= 4 is 28.3 Å². The molecule has 2 aromatic carbocycles. The summed E-state index contributed by atoms with van der Waals surface area (Å²) in [7, 11) is 0. The number of benzene rings is 2. The van der Waals surface area contributed by atoms with Gasteiger partial charge in [-0.05, 0) is 53.6 Å². The van der Waals surface area contributed by atoms with Crippen molar-refractivity contribution in [3.63, 3.8) is 0 Å². The van der Waals surface area contributed by atoms with Crippen molar-refractivity contribution in [2.75, 3.05) is 6.54 Å². The molecule has 0 spiro atoms. The first-order valence-electron chi connectivity index (χ1n) is 9.83. The number of oxazole rings is 1. The van der Waals surface area contributed by atoms with Crippen LogP contribution >= 0.6 is 11.3 Å². The lowest BCUT2D eigenvalue weighted by Gasteiger charge is -2.21. The van der Waals surface area contributed by atoms with Crippen molar-refractivity contribution in [1.29, 1.82) is 0 Å². The molecule has 1 aliphatic rings. The van der Waals surface area contributed by atoms with Crippen LogP contribution < -0.4 is 0 Å². The fourth-order valence-electron chi connectivity index (χ4n) is 4.05. The molecule has 0 N–H and O–H groups in total. The zero-order chi connectivity index (χ0) is 21.6. The first-order chi connectivity index (χ1) is 14.9. The van der Waals surface area contributed by atoms with Gasteiger partial charge in [0.25, 0.3) is 5.91 Å². The van der Waals surface area contributed by atoms with Crippen molar-refractivity contribution in [2.45, 2.75) is 25.1 Å². The van der Waals surface area contributed by atoms with E-state index in [1.165, 1.54) is 23.5 Å². The van der Waals surface area contributed by atoms with Gasteiger partial charge in [0.05, 0.1) is 10.4 Å². The molecule has 0 saturated carbocycles. The molecular weight excluding hydrogens is 425 g/mol. The molecule has 1 aliphatic heterocycles. The van der Waals surface area contributed by atoms with Crippen molar-refractivity contribution in [1.82, 2.24) is 9.88 Å². The van der Waals surface area contributed by atoms with E-state index in [4.69, 9.17) is 4.42 Å². The third-order valence-corrected chi connectivity index (χ3v) is 6.34. The van der Waals surface area contributed by atoms with Gasteiger partial charge in [0.1, 0.15) is 11.6 Å². The molecule has 2 aromatic heterocycles. The van der Waals surface area contributed by atoms with Crippen LogP contribution in [0.15, 0.2) is 64.4 Å². The molecule has 1 saturated heterocycles. The molecule has 31 heavy (non-hydrogen) atoms. The SMILES string of the molecule is O=C(c1cccs1)N1CCCC1c1nc2cc(-c3ccccc3C(F)(F)F)ccc2o1. The zero-order valence-electron chi connectivity index (χ0n) is 16.2. The number of fused-ring (bicyclic) bond motifs is 1. The van der Waals surface area contributed by atoms with Crippen LogP contribution in [0.5, 0.6) is 0 Å². The third kappa shape index (κ3) is 3.61. The lowest BCUT2D eigenvalue weighted by molar-refractivity contribution is -0.137. The maximum Gasteiger partial charge on any atom is 0.417 e. The minimum absolute atomic E-state index is 0.0560. The molecule has 1 fully saturated rings. The molecule has 4 aromatic rings. The number of amides is 1. The Bertz CT molecular complexity index is 1250. The van der Waals surface area contributed by atoms with E-state index in [2.05, 4.69) is 4.98 Å². The lowest BCUT2D eigenvalue weighted by Crippen LogP contribution is -2.30. The minimum Gasteiger partial charge on any atom is -0.438 e. The van der Waals surface area contributed by atoms with E-state index in [1.54, 1.807) is 35.2 Å². The van der Waals surface area contributed by atoms with E-state index in [0.29, 0.717) is 34.0 Å². The van der Waals surface area contributed by atoms with Gasteiger partial charge >= 0.3 is 6.18 Å². The smallest absolute Gasteiger partial charge is 0.417 e. The summed E-state index contributed by atoms with van der Waals surface area (Å²) in [5.41, 5.74) is 0.773. The first-order valence-corrected chi connectivity index (χ1v) is 10.7. The van der Waals surface area contributed by atoms with Crippen LogP contribution in [0.3, 0.4) is 0 Å². The van der Waals surface area contributed by atoms with Crippen LogP contribution in [0.4, 0.5) is 13.2 Å². The van der Waals surface area contributed by atoms with Gasteiger partial charge in [0.2, 0.25) is 5.89 Å². The van der Waals surface area contributed by atoms with Crippen LogP contribution in [-0.4, -0.2) is 22.3 Å². The second-order valence-electron chi connectivity index (χ2n) is 7.41. The van der Waals surface area contributed by atoms with E-state index < -0.39 is 11.7 Å². The normalized spacial score (nSPS) is 16.9. The van der Waals surface area contributed by atoms with Gasteiger partial charge in [-0.3, -0.25) is 4.79 Å². The van der Waals surface area contributed by atoms with Gasteiger partial charge in [-0.25, -0.2) is 4.98 Å². The van der Waals surface area contributed by atoms with Crippen molar-refractivity contribution < 1.29 is 22.4 Å². The fraction of sp³-hybridized carbons (Fsp3) is 0.217. The Labute approximate surface area is 179 Å². The van der Waals surface area contributed by atoms with E-state index in [0.717, 1.165) is 18.9 Å². The maximum atomic E-state index is 13.4. The summed E-state index contributed by atoms with van der Waals surface area (Å²) in [5.74, 6) is 0.359. The van der Waals surface area contributed by atoms with Crippen molar-refractivity contribution in [3.8, 4) is 11.1 Å². The standard InChI is InChI=1S/C23H17F3N2O2S/c24-23(25,26)16-6-2-1-5-15(16)14-9-10-19-17(13-14)27-21(30-19)18-7-3-11-28(18)22(29)20-8-4-12-31-20/h1-2,4-6,8-10,12-13,18H,3,7,11H2. The number of rotatable bonds is 3. The van der Waals surface area contributed by atoms with Crippen molar-refractivity contribution in [2.24, 2.45) is 0 Å². The number of thiophene rings is 1. The number of carbonyl (C=O) groups is 1. The second kappa shape index (κ2) is 7.53. The van der Waals surface area contributed by atoms with Gasteiger partial charge < -0.3 is 9.32 Å². The second-order valence-corrected chi connectivity index (χ2v) is 8.36. The van der Waals surface area contributed by atoms with Gasteiger partial charge in [-0.15, -0.1) is 11.3 Å². The number of alkyl halides is 3. The Balaban J connectivity index is 1.50. The number of likely N-dealkylation sites (tertiary alicyclic amines) is 1. The fourth-order valence-corrected chi connectivity index (χ4v) is 4.72. The molecule has 1 amide bonds.